The van der Waals surface area contributed by atoms with Gasteiger partial charge in [0.2, 0.25) is 10.0 Å². The molecule has 140 valence electrons. The van der Waals surface area contributed by atoms with Crippen LogP contribution in [0.1, 0.15) is 66.4 Å². The van der Waals surface area contributed by atoms with Crippen LogP contribution >= 0.6 is 11.3 Å². The fourth-order valence-electron chi connectivity index (χ4n) is 3.82. The largest absolute Gasteiger partial charge is 0.337 e. The Bertz CT molecular complexity index is 702. The number of aromatic nitrogens is 1. The van der Waals surface area contributed by atoms with Crippen molar-refractivity contribution in [1.29, 1.82) is 0 Å². The van der Waals surface area contributed by atoms with E-state index in [0.717, 1.165) is 30.7 Å². The molecule has 25 heavy (non-hydrogen) atoms. The minimum Gasteiger partial charge on any atom is -0.337 e. The molecule has 1 aromatic heterocycles. The summed E-state index contributed by atoms with van der Waals surface area (Å²) in [4.78, 5) is 19.2. The van der Waals surface area contributed by atoms with E-state index < -0.39 is 10.0 Å². The maximum atomic E-state index is 12.7. The zero-order valence-electron chi connectivity index (χ0n) is 15.0. The first-order valence-electron chi connectivity index (χ1n) is 9.04. The minimum absolute atomic E-state index is 0.0166. The topological polar surface area (TPSA) is 70.6 Å². The van der Waals surface area contributed by atoms with Crippen LogP contribution in [0, 0.1) is 0 Å². The van der Waals surface area contributed by atoms with E-state index in [1.54, 1.807) is 0 Å². The summed E-state index contributed by atoms with van der Waals surface area (Å²) >= 11 is 1.53. The Morgan fingerprint density at radius 2 is 1.84 bits per heavy atom. The highest BCUT2D eigenvalue weighted by atomic mass is 32.2. The predicted octanol–water partition coefficient (Wildman–Crippen LogP) is 2.69. The number of rotatable bonds is 4. The second kappa shape index (κ2) is 7.72. The highest BCUT2D eigenvalue weighted by Gasteiger charge is 2.29. The van der Waals surface area contributed by atoms with Gasteiger partial charge >= 0.3 is 0 Å². The lowest BCUT2D eigenvalue weighted by molar-refractivity contribution is 0.0691. The Morgan fingerprint density at radius 3 is 2.44 bits per heavy atom. The highest BCUT2D eigenvalue weighted by molar-refractivity contribution is 7.88. The normalized spacial score (nSPS) is 21.4. The van der Waals surface area contributed by atoms with Crippen molar-refractivity contribution in [2.75, 3.05) is 26.4 Å². The zero-order chi connectivity index (χ0) is 18.0. The molecule has 1 aliphatic heterocycles. The van der Waals surface area contributed by atoms with Gasteiger partial charge in [-0.3, -0.25) is 4.79 Å². The Kier molecular flexibility index (Phi) is 5.80. The number of amides is 1. The van der Waals surface area contributed by atoms with Gasteiger partial charge in [-0.1, -0.05) is 19.3 Å². The summed E-state index contributed by atoms with van der Waals surface area (Å²) in [7, 11) is -1.22. The summed E-state index contributed by atoms with van der Waals surface area (Å²) in [6, 6.07) is 0.337. The summed E-state index contributed by atoms with van der Waals surface area (Å²) in [5.74, 6) is 0.271. The minimum atomic E-state index is -3.11. The van der Waals surface area contributed by atoms with Crippen LogP contribution in [0.5, 0.6) is 0 Å². The molecule has 1 aliphatic carbocycles. The number of thiazole rings is 1. The van der Waals surface area contributed by atoms with E-state index in [1.807, 2.05) is 17.3 Å². The standard InChI is InChI=1S/C17H27N3O3S2/c1-19(14-6-4-3-5-7-14)17(21)15-12-24-16(18-15)13-8-10-20(11-9-13)25(2,22)23/h12-14H,3-11H2,1-2H3. The van der Waals surface area contributed by atoms with E-state index >= 15 is 0 Å². The molecule has 1 saturated heterocycles. The first-order chi connectivity index (χ1) is 11.9. The maximum absolute atomic E-state index is 12.7. The van der Waals surface area contributed by atoms with Crippen molar-refractivity contribution in [2.24, 2.45) is 0 Å². The van der Waals surface area contributed by atoms with Crippen molar-refractivity contribution in [1.82, 2.24) is 14.2 Å². The SMILES string of the molecule is CN(C(=O)c1csc(C2CCN(S(C)(=O)=O)CC2)n1)C1CCCCC1. The number of nitrogens with zero attached hydrogens (tertiary/aromatic N) is 3. The van der Waals surface area contributed by atoms with Crippen molar-refractivity contribution >= 4 is 27.3 Å². The van der Waals surface area contributed by atoms with Crippen molar-refractivity contribution in [3.05, 3.63) is 16.1 Å². The Morgan fingerprint density at radius 1 is 1.20 bits per heavy atom. The molecule has 6 nitrogen and oxygen atoms in total. The molecular formula is C17H27N3O3S2. The van der Waals surface area contributed by atoms with Gasteiger partial charge in [0.25, 0.3) is 5.91 Å². The van der Waals surface area contributed by atoms with Gasteiger partial charge in [0.15, 0.2) is 0 Å². The summed E-state index contributed by atoms with van der Waals surface area (Å²) < 4.78 is 24.7. The van der Waals surface area contributed by atoms with E-state index in [2.05, 4.69) is 4.98 Å². The summed E-state index contributed by atoms with van der Waals surface area (Å²) in [5, 5.41) is 2.83. The van der Waals surface area contributed by atoms with E-state index in [-0.39, 0.29) is 11.8 Å². The van der Waals surface area contributed by atoms with Crippen LogP contribution < -0.4 is 0 Å². The molecule has 1 amide bonds. The van der Waals surface area contributed by atoms with Crippen molar-refractivity contribution in [2.45, 2.75) is 56.9 Å². The molecule has 0 aromatic carbocycles. The third-order valence-corrected chi connectivity index (χ3v) is 7.77. The number of hydrogen-bond donors (Lipinski definition) is 0. The molecule has 0 atom stereocenters. The molecule has 0 radical (unpaired) electrons. The monoisotopic (exact) mass is 385 g/mol. The van der Waals surface area contributed by atoms with Crippen molar-refractivity contribution in [3.8, 4) is 0 Å². The fraction of sp³-hybridized carbons (Fsp3) is 0.765. The van der Waals surface area contributed by atoms with Crippen LogP contribution in [0.15, 0.2) is 5.38 Å². The second-order valence-electron chi connectivity index (χ2n) is 7.22. The molecule has 8 heteroatoms. The quantitative estimate of drug-likeness (QED) is 0.799. The molecule has 2 fully saturated rings. The maximum Gasteiger partial charge on any atom is 0.273 e. The van der Waals surface area contributed by atoms with Crippen molar-refractivity contribution in [3.63, 3.8) is 0 Å². The first-order valence-corrected chi connectivity index (χ1v) is 11.8. The third kappa shape index (κ3) is 4.41. The molecule has 0 bridgehead atoms. The molecule has 2 aliphatic rings. The van der Waals surface area contributed by atoms with Crippen LogP contribution in [0.4, 0.5) is 0 Å². The highest BCUT2D eigenvalue weighted by Crippen LogP contribution is 2.31. The summed E-state index contributed by atoms with van der Waals surface area (Å²) in [5.41, 5.74) is 0.540. The lowest BCUT2D eigenvalue weighted by atomic mass is 9.94. The third-order valence-electron chi connectivity index (χ3n) is 5.46. The lowest BCUT2D eigenvalue weighted by Gasteiger charge is -2.30. The molecule has 0 N–H and O–H groups in total. The Labute approximate surface area is 154 Å². The smallest absolute Gasteiger partial charge is 0.273 e. The van der Waals surface area contributed by atoms with Crippen molar-refractivity contribution < 1.29 is 13.2 Å². The van der Waals surface area contributed by atoms with Crippen LogP contribution in [0.2, 0.25) is 0 Å². The van der Waals surface area contributed by atoms with Crippen LogP contribution in [-0.2, 0) is 10.0 Å². The Hall–Kier alpha value is -0.990. The molecule has 2 heterocycles. The number of hydrogen-bond acceptors (Lipinski definition) is 5. The average molecular weight is 386 g/mol. The van der Waals surface area contributed by atoms with Gasteiger partial charge in [-0.2, -0.15) is 0 Å². The molecule has 1 aromatic rings. The van der Waals surface area contributed by atoms with Crippen LogP contribution in [-0.4, -0.2) is 60.9 Å². The molecular weight excluding hydrogens is 358 g/mol. The van der Waals surface area contributed by atoms with Gasteiger partial charge in [0.05, 0.1) is 11.3 Å². The number of carbonyl (C=O) groups is 1. The second-order valence-corrected chi connectivity index (χ2v) is 10.1. The average Bonchev–Trinajstić information content (AvgIpc) is 3.10. The van der Waals surface area contributed by atoms with Gasteiger partial charge < -0.3 is 4.90 Å². The van der Waals surface area contributed by atoms with Gasteiger partial charge in [0.1, 0.15) is 5.69 Å². The number of carbonyl (C=O) groups excluding carboxylic acids is 1. The fourth-order valence-corrected chi connectivity index (χ4v) is 5.66. The zero-order valence-corrected chi connectivity index (χ0v) is 16.6. The van der Waals surface area contributed by atoms with Gasteiger partial charge in [0, 0.05) is 37.5 Å². The summed E-state index contributed by atoms with van der Waals surface area (Å²) in [6.07, 6.45) is 8.64. The number of sulfonamides is 1. The van der Waals surface area contributed by atoms with Crippen LogP contribution in [0.3, 0.4) is 0 Å². The number of piperidine rings is 1. The lowest BCUT2D eigenvalue weighted by Crippen LogP contribution is -2.38. The van der Waals surface area contributed by atoms with E-state index in [9.17, 15) is 13.2 Å². The van der Waals surface area contributed by atoms with Gasteiger partial charge in [-0.15, -0.1) is 11.3 Å². The molecule has 3 rings (SSSR count). The molecule has 0 unspecified atom stereocenters. The Balaban J connectivity index is 1.61. The van der Waals surface area contributed by atoms with Gasteiger partial charge in [-0.05, 0) is 25.7 Å². The van der Waals surface area contributed by atoms with E-state index in [4.69, 9.17) is 0 Å². The van der Waals surface area contributed by atoms with Crippen LogP contribution in [0.25, 0.3) is 0 Å². The first kappa shape index (κ1) is 18.8. The molecule has 0 spiro atoms. The van der Waals surface area contributed by atoms with Gasteiger partial charge in [-0.25, -0.2) is 17.7 Å². The van der Waals surface area contributed by atoms with E-state index in [1.165, 1.54) is 41.2 Å². The predicted molar refractivity (Wildman–Crippen MR) is 99.5 cm³/mol. The summed E-state index contributed by atoms with van der Waals surface area (Å²) in [6.45, 7) is 1.07. The molecule has 1 saturated carbocycles. The van der Waals surface area contributed by atoms with E-state index in [0.29, 0.717) is 24.8 Å².